The highest BCUT2D eigenvalue weighted by molar-refractivity contribution is 5.89. The number of benzene rings is 1. The molecule has 6 heteroatoms. The number of carboxylic acid groups (broad SMARTS) is 1. The maximum atomic E-state index is 11.6. The maximum Gasteiger partial charge on any atom is 0.335 e. The van der Waals surface area contributed by atoms with E-state index in [0.29, 0.717) is 5.69 Å². The van der Waals surface area contributed by atoms with Crippen LogP contribution in [-0.2, 0) is 4.79 Å². The standard InChI is InChI=1S/C14H20N2O4/c1-3-4-9(2)16-13(17)8-20-12-7-10(14(18)19)5-6-11(12)15/h5-7,9H,3-4,8,15H2,1-2H3,(H,16,17)(H,18,19). The van der Waals surface area contributed by atoms with Crippen molar-refractivity contribution >= 4 is 17.6 Å². The molecule has 1 amide bonds. The van der Waals surface area contributed by atoms with Crippen LogP contribution in [0.2, 0.25) is 0 Å². The Labute approximate surface area is 117 Å². The molecule has 1 rings (SSSR count). The molecule has 0 radical (unpaired) electrons. The van der Waals surface area contributed by atoms with Gasteiger partial charge in [0.1, 0.15) is 5.75 Å². The second-order valence-electron chi connectivity index (χ2n) is 4.60. The highest BCUT2D eigenvalue weighted by atomic mass is 16.5. The summed E-state index contributed by atoms with van der Waals surface area (Å²) >= 11 is 0. The van der Waals surface area contributed by atoms with Crippen LogP contribution in [0.5, 0.6) is 5.75 Å². The molecule has 0 aliphatic carbocycles. The van der Waals surface area contributed by atoms with Gasteiger partial charge in [0.2, 0.25) is 0 Å². The Morgan fingerprint density at radius 1 is 1.45 bits per heavy atom. The molecule has 1 atom stereocenters. The van der Waals surface area contributed by atoms with Crippen LogP contribution in [0.3, 0.4) is 0 Å². The topological polar surface area (TPSA) is 102 Å². The first-order chi connectivity index (χ1) is 9.43. The SMILES string of the molecule is CCCC(C)NC(=O)COc1cc(C(=O)O)ccc1N. The number of carbonyl (C=O) groups excluding carboxylic acids is 1. The molecule has 1 aromatic carbocycles. The number of carbonyl (C=O) groups is 2. The van der Waals surface area contributed by atoms with E-state index in [1.54, 1.807) is 0 Å². The van der Waals surface area contributed by atoms with Crippen molar-refractivity contribution in [3.05, 3.63) is 23.8 Å². The third-order valence-electron chi connectivity index (χ3n) is 2.75. The smallest absolute Gasteiger partial charge is 0.335 e. The number of amides is 1. The van der Waals surface area contributed by atoms with Crippen molar-refractivity contribution in [1.29, 1.82) is 0 Å². The van der Waals surface area contributed by atoms with E-state index in [-0.39, 0.29) is 29.9 Å². The van der Waals surface area contributed by atoms with E-state index in [1.807, 2.05) is 13.8 Å². The fourth-order valence-corrected chi connectivity index (χ4v) is 1.76. The van der Waals surface area contributed by atoms with Gasteiger partial charge in [-0.1, -0.05) is 13.3 Å². The summed E-state index contributed by atoms with van der Waals surface area (Å²) in [7, 11) is 0. The number of nitrogens with two attached hydrogens (primary N) is 1. The summed E-state index contributed by atoms with van der Waals surface area (Å²) in [5.41, 5.74) is 6.03. The molecule has 0 aliphatic heterocycles. The van der Waals surface area contributed by atoms with Crippen LogP contribution in [0.4, 0.5) is 5.69 Å². The minimum Gasteiger partial charge on any atom is -0.482 e. The van der Waals surface area contributed by atoms with Gasteiger partial charge in [0, 0.05) is 6.04 Å². The van der Waals surface area contributed by atoms with Gasteiger partial charge in [-0.2, -0.15) is 0 Å². The lowest BCUT2D eigenvalue weighted by Crippen LogP contribution is -2.36. The van der Waals surface area contributed by atoms with E-state index in [4.69, 9.17) is 15.6 Å². The van der Waals surface area contributed by atoms with Crippen LogP contribution in [0.15, 0.2) is 18.2 Å². The molecular weight excluding hydrogens is 260 g/mol. The molecule has 0 aromatic heterocycles. The molecule has 0 saturated heterocycles. The van der Waals surface area contributed by atoms with Crippen molar-refractivity contribution in [2.75, 3.05) is 12.3 Å². The lowest BCUT2D eigenvalue weighted by atomic mass is 10.2. The molecule has 0 bridgehead atoms. The zero-order chi connectivity index (χ0) is 15.1. The van der Waals surface area contributed by atoms with Crippen LogP contribution in [0.25, 0.3) is 0 Å². The monoisotopic (exact) mass is 280 g/mol. The summed E-state index contributed by atoms with van der Waals surface area (Å²) in [5, 5.41) is 11.7. The van der Waals surface area contributed by atoms with Gasteiger partial charge in [0.05, 0.1) is 11.3 Å². The van der Waals surface area contributed by atoms with Gasteiger partial charge in [0.25, 0.3) is 5.91 Å². The Balaban J connectivity index is 2.59. The summed E-state index contributed by atoms with van der Waals surface area (Å²) in [4.78, 5) is 22.5. The number of aromatic carboxylic acids is 1. The van der Waals surface area contributed by atoms with Crippen LogP contribution in [0, 0.1) is 0 Å². The van der Waals surface area contributed by atoms with E-state index >= 15 is 0 Å². The van der Waals surface area contributed by atoms with Crippen LogP contribution < -0.4 is 15.8 Å². The van der Waals surface area contributed by atoms with Crippen molar-refractivity contribution in [3.8, 4) is 5.75 Å². The second-order valence-corrected chi connectivity index (χ2v) is 4.60. The summed E-state index contributed by atoms with van der Waals surface area (Å²) in [6.07, 6.45) is 1.87. The lowest BCUT2D eigenvalue weighted by molar-refractivity contribution is -0.123. The predicted octanol–water partition coefficient (Wildman–Crippen LogP) is 1.65. The Morgan fingerprint density at radius 3 is 2.75 bits per heavy atom. The van der Waals surface area contributed by atoms with Gasteiger partial charge in [-0.15, -0.1) is 0 Å². The Hall–Kier alpha value is -2.24. The molecule has 0 aliphatic rings. The zero-order valence-corrected chi connectivity index (χ0v) is 11.7. The Bertz CT molecular complexity index is 488. The van der Waals surface area contributed by atoms with E-state index in [2.05, 4.69) is 5.32 Å². The number of nitrogen functional groups attached to an aromatic ring is 1. The summed E-state index contributed by atoms with van der Waals surface area (Å²) in [6.45, 7) is 3.76. The molecule has 20 heavy (non-hydrogen) atoms. The van der Waals surface area contributed by atoms with Crippen LogP contribution >= 0.6 is 0 Å². The minimum atomic E-state index is -1.07. The molecule has 1 unspecified atom stereocenters. The molecule has 4 N–H and O–H groups in total. The van der Waals surface area contributed by atoms with E-state index in [1.165, 1.54) is 18.2 Å². The number of carboxylic acids is 1. The molecule has 0 spiro atoms. The predicted molar refractivity (Wildman–Crippen MR) is 75.8 cm³/mol. The largest absolute Gasteiger partial charge is 0.482 e. The second kappa shape index (κ2) is 7.37. The van der Waals surface area contributed by atoms with Crippen molar-refractivity contribution < 1.29 is 19.4 Å². The number of anilines is 1. The lowest BCUT2D eigenvalue weighted by Gasteiger charge is -2.14. The van der Waals surface area contributed by atoms with Gasteiger partial charge in [0.15, 0.2) is 6.61 Å². The zero-order valence-electron chi connectivity index (χ0n) is 11.7. The number of ether oxygens (including phenoxy) is 1. The quantitative estimate of drug-likeness (QED) is 0.659. The fraction of sp³-hybridized carbons (Fsp3) is 0.429. The highest BCUT2D eigenvalue weighted by Crippen LogP contribution is 2.22. The molecule has 0 fully saturated rings. The van der Waals surface area contributed by atoms with Crippen molar-refractivity contribution in [2.24, 2.45) is 0 Å². The van der Waals surface area contributed by atoms with Gasteiger partial charge >= 0.3 is 5.97 Å². The van der Waals surface area contributed by atoms with Crippen LogP contribution in [0.1, 0.15) is 37.0 Å². The van der Waals surface area contributed by atoms with Gasteiger partial charge in [-0.05, 0) is 31.5 Å². The number of nitrogens with one attached hydrogen (secondary N) is 1. The molecule has 1 aromatic rings. The fourth-order valence-electron chi connectivity index (χ4n) is 1.76. The molecule has 110 valence electrons. The van der Waals surface area contributed by atoms with Gasteiger partial charge in [-0.3, -0.25) is 4.79 Å². The molecule has 6 nitrogen and oxygen atoms in total. The third-order valence-corrected chi connectivity index (χ3v) is 2.75. The maximum absolute atomic E-state index is 11.6. The average molecular weight is 280 g/mol. The minimum absolute atomic E-state index is 0.0639. The van der Waals surface area contributed by atoms with Crippen molar-refractivity contribution in [1.82, 2.24) is 5.32 Å². The summed E-state index contributed by atoms with van der Waals surface area (Å²) in [5.74, 6) is -1.13. The van der Waals surface area contributed by atoms with Gasteiger partial charge in [-0.25, -0.2) is 4.79 Å². The summed E-state index contributed by atoms with van der Waals surface area (Å²) in [6, 6.07) is 4.21. The van der Waals surface area contributed by atoms with E-state index in [9.17, 15) is 9.59 Å². The first-order valence-corrected chi connectivity index (χ1v) is 6.49. The van der Waals surface area contributed by atoms with E-state index < -0.39 is 5.97 Å². The Kier molecular flexibility index (Phi) is 5.83. The number of hydrogen-bond acceptors (Lipinski definition) is 4. The molecule has 0 saturated carbocycles. The summed E-state index contributed by atoms with van der Waals surface area (Å²) < 4.78 is 5.27. The highest BCUT2D eigenvalue weighted by Gasteiger charge is 2.11. The first-order valence-electron chi connectivity index (χ1n) is 6.49. The molecular formula is C14H20N2O4. The third kappa shape index (κ3) is 4.79. The van der Waals surface area contributed by atoms with Crippen molar-refractivity contribution in [3.63, 3.8) is 0 Å². The van der Waals surface area contributed by atoms with Crippen LogP contribution in [-0.4, -0.2) is 29.6 Å². The normalized spacial score (nSPS) is 11.7. The van der Waals surface area contributed by atoms with Gasteiger partial charge < -0.3 is 20.9 Å². The first kappa shape index (κ1) is 15.8. The Morgan fingerprint density at radius 2 is 2.15 bits per heavy atom. The molecule has 0 heterocycles. The average Bonchev–Trinajstić information content (AvgIpc) is 2.37. The number of hydrogen-bond donors (Lipinski definition) is 3. The van der Waals surface area contributed by atoms with Crippen molar-refractivity contribution in [2.45, 2.75) is 32.7 Å². The van der Waals surface area contributed by atoms with E-state index in [0.717, 1.165) is 12.8 Å². The number of rotatable bonds is 7.